The summed E-state index contributed by atoms with van der Waals surface area (Å²) < 4.78 is 4.99. The Hall–Kier alpha value is -1.10. The lowest BCUT2D eigenvalue weighted by Gasteiger charge is -2.15. The number of nitrogens with one attached hydrogen (secondary N) is 1. The molecule has 0 amide bonds. The molecular weight excluding hydrogens is 260 g/mol. The topological polar surface area (TPSA) is 51.2 Å². The van der Waals surface area contributed by atoms with Crippen molar-refractivity contribution in [3.05, 3.63) is 11.2 Å². The quantitative estimate of drug-likeness (QED) is 0.734. The second-order valence-corrected chi connectivity index (χ2v) is 5.98. The summed E-state index contributed by atoms with van der Waals surface area (Å²) >= 11 is 1.45. The maximum Gasteiger partial charge on any atom is 0.360 e. The van der Waals surface area contributed by atoms with E-state index in [0.717, 1.165) is 17.3 Å². The van der Waals surface area contributed by atoms with E-state index in [4.69, 9.17) is 4.74 Å². The molecule has 0 aromatic carbocycles. The summed E-state index contributed by atoms with van der Waals surface area (Å²) in [7, 11) is 0. The van der Waals surface area contributed by atoms with Crippen molar-refractivity contribution in [3.8, 4) is 0 Å². The van der Waals surface area contributed by atoms with Crippen molar-refractivity contribution in [2.24, 2.45) is 5.92 Å². The summed E-state index contributed by atoms with van der Waals surface area (Å²) in [6, 6.07) is 0.340. The third kappa shape index (κ3) is 5.59. The molecule has 19 heavy (non-hydrogen) atoms. The Morgan fingerprint density at radius 2 is 2.16 bits per heavy atom. The fourth-order valence-corrected chi connectivity index (χ4v) is 2.60. The van der Waals surface area contributed by atoms with Gasteiger partial charge < -0.3 is 10.1 Å². The molecule has 0 aliphatic carbocycles. The number of hydrogen-bond acceptors (Lipinski definition) is 5. The molecule has 1 unspecified atom stereocenters. The van der Waals surface area contributed by atoms with Gasteiger partial charge >= 0.3 is 5.97 Å². The monoisotopic (exact) mass is 284 g/mol. The number of aromatic nitrogens is 1. The van der Waals surface area contributed by atoms with Gasteiger partial charge in [0.25, 0.3) is 0 Å². The van der Waals surface area contributed by atoms with Gasteiger partial charge in [-0.25, -0.2) is 9.78 Å². The molecule has 1 rings (SSSR count). The molecule has 1 N–H and O–H groups in total. The van der Waals surface area contributed by atoms with Crippen molar-refractivity contribution in [1.82, 2.24) is 4.98 Å². The molecule has 4 nitrogen and oxygen atoms in total. The molecule has 0 bridgehead atoms. The molecule has 0 saturated heterocycles. The van der Waals surface area contributed by atoms with Gasteiger partial charge in [0, 0.05) is 6.04 Å². The van der Waals surface area contributed by atoms with Crippen LogP contribution in [-0.2, 0) is 4.74 Å². The zero-order valence-corrected chi connectivity index (χ0v) is 13.0. The maximum atomic E-state index is 11.7. The average molecular weight is 284 g/mol. The van der Waals surface area contributed by atoms with E-state index in [1.54, 1.807) is 12.4 Å². The Labute approximate surface area is 119 Å². The van der Waals surface area contributed by atoms with Crippen LogP contribution in [0.15, 0.2) is 5.51 Å². The Morgan fingerprint density at radius 3 is 2.79 bits per heavy atom. The van der Waals surface area contributed by atoms with Crippen LogP contribution in [0.25, 0.3) is 0 Å². The standard InChI is InChI=1S/C14H24N2O2S/c1-5-18-14(17)12-13(19-9-15-12)16-11(4)8-6-7-10(2)3/h9-11,16H,5-8H2,1-4H3. The molecule has 0 radical (unpaired) electrons. The summed E-state index contributed by atoms with van der Waals surface area (Å²) in [5, 5.41) is 4.17. The summed E-state index contributed by atoms with van der Waals surface area (Å²) in [5.74, 6) is 0.395. The number of carbonyl (C=O) groups excluding carboxylic acids is 1. The normalized spacial score (nSPS) is 12.5. The second-order valence-electron chi connectivity index (χ2n) is 5.12. The van der Waals surface area contributed by atoms with E-state index in [2.05, 4.69) is 31.1 Å². The zero-order chi connectivity index (χ0) is 14.3. The van der Waals surface area contributed by atoms with Crippen molar-refractivity contribution >= 4 is 22.3 Å². The summed E-state index contributed by atoms with van der Waals surface area (Å²) in [5.41, 5.74) is 2.08. The smallest absolute Gasteiger partial charge is 0.360 e. The fraction of sp³-hybridized carbons (Fsp3) is 0.714. The number of thiazole rings is 1. The molecular formula is C14H24N2O2S. The molecule has 5 heteroatoms. The number of rotatable bonds is 8. The Balaban J connectivity index is 2.48. The van der Waals surface area contributed by atoms with Gasteiger partial charge in [-0.15, -0.1) is 11.3 Å². The minimum atomic E-state index is -0.347. The van der Waals surface area contributed by atoms with Gasteiger partial charge in [-0.1, -0.05) is 26.7 Å². The summed E-state index contributed by atoms with van der Waals surface area (Å²) in [4.78, 5) is 15.8. The minimum absolute atomic E-state index is 0.340. The number of anilines is 1. The molecule has 0 spiro atoms. The lowest BCUT2D eigenvalue weighted by Crippen LogP contribution is -2.17. The maximum absolute atomic E-state index is 11.7. The van der Waals surface area contributed by atoms with Gasteiger partial charge in [-0.05, 0) is 26.2 Å². The summed E-state index contributed by atoms with van der Waals surface area (Å²) in [6.07, 6.45) is 3.52. The van der Waals surface area contributed by atoms with Crippen LogP contribution in [0, 0.1) is 5.92 Å². The zero-order valence-electron chi connectivity index (χ0n) is 12.2. The minimum Gasteiger partial charge on any atom is -0.461 e. The summed E-state index contributed by atoms with van der Waals surface area (Å²) in [6.45, 7) is 8.78. The van der Waals surface area contributed by atoms with E-state index in [9.17, 15) is 4.79 Å². The molecule has 1 atom stereocenters. The first-order chi connectivity index (χ1) is 9.04. The number of nitrogens with zero attached hydrogens (tertiary/aromatic N) is 1. The van der Waals surface area contributed by atoms with Crippen LogP contribution in [-0.4, -0.2) is 23.6 Å². The predicted molar refractivity (Wildman–Crippen MR) is 79.8 cm³/mol. The van der Waals surface area contributed by atoms with Crippen LogP contribution in [0.5, 0.6) is 0 Å². The third-order valence-corrected chi connectivity index (χ3v) is 3.59. The third-order valence-electron chi connectivity index (χ3n) is 2.83. The lowest BCUT2D eigenvalue weighted by atomic mass is 10.0. The van der Waals surface area contributed by atoms with Crippen molar-refractivity contribution in [2.75, 3.05) is 11.9 Å². The molecule has 0 aliphatic heterocycles. The van der Waals surface area contributed by atoms with E-state index in [1.807, 2.05) is 0 Å². The first-order valence-corrected chi connectivity index (χ1v) is 7.79. The molecule has 108 valence electrons. The number of carbonyl (C=O) groups is 1. The number of hydrogen-bond donors (Lipinski definition) is 1. The van der Waals surface area contributed by atoms with Crippen LogP contribution in [0.3, 0.4) is 0 Å². The molecule has 0 fully saturated rings. The Morgan fingerprint density at radius 1 is 1.42 bits per heavy atom. The molecule has 0 saturated carbocycles. The van der Waals surface area contributed by atoms with Crippen molar-refractivity contribution in [3.63, 3.8) is 0 Å². The van der Waals surface area contributed by atoms with E-state index >= 15 is 0 Å². The van der Waals surface area contributed by atoms with Gasteiger partial charge in [0.05, 0.1) is 12.1 Å². The highest BCUT2D eigenvalue weighted by Gasteiger charge is 2.17. The first kappa shape index (κ1) is 16.0. The van der Waals surface area contributed by atoms with E-state index in [1.165, 1.54) is 24.2 Å². The second kappa shape index (κ2) is 8.15. The highest BCUT2D eigenvalue weighted by Crippen LogP contribution is 2.23. The van der Waals surface area contributed by atoms with Gasteiger partial charge in [0.15, 0.2) is 5.69 Å². The number of ether oxygens (including phenoxy) is 1. The fourth-order valence-electron chi connectivity index (χ4n) is 1.82. The molecule has 1 aromatic heterocycles. The highest BCUT2D eigenvalue weighted by atomic mass is 32.1. The Bertz CT molecular complexity index is 391. The van der Waals surface area contributed by atoms with E-state index in [-0.39, 0.29) is 5.97 Å². The largest absolute Gasteiger partial charge is 0.461 e. The van der Waals surface area contributed by atoms with Crippen LogP contribution in [0.1, 0.15) is 57.4 Å². The van der Waals surface area contributed by atoms with Gasteiger partial charge in [-0.3, -0.25) is 0 Å². The van der Waals surface area contributed by atoms with E-state index in [0.29, 0.717) is 18.3 Å². The van der Waals surface area contributed by atoms with Crippen LogP contribution in [0.4, 0.5) is 5.00 Å². The van der Waals surface area contributed by atoms with Crippen molar-refractivity contribution in [2.45, 2.75) is 53.0 Å². The Kier molecular flexibility index (Phi) is 6.84. The molecule has 1 heterocycles. The molecule has 1 aromatic rings. The number of esters is 1. The first-order valence-electron chi connectivity index (χ1n) is 6.91. The van der Waals surface area contributed by atoms with Crippen LogP contribution >= 0.6 is 11.3 Å². The highest BCUT2D eigenvalue weighted by molar-refractivity contribution is 7.14. The van der Waals surface area contributed by atoms with Crippen molar-refractivity contribution in [1.29, 1.82) is 0 Å². The van der Waals surface area contributed by atoms with Crippen LogP contribution < -0.4 is 5.32 Å². The lowest BCUT2D eigenvalue weighted by molar-refractivity contribution is 0.0521. The van der Waals surface area contributed by atoms with Gasteiger partial charge in [0.2, 0.25) is 0 Å². The van der Waals surface area contributed by atoms with Gasteiger partial charge in [-0.2, -0.15) is 0 Å². The average Bonchev–Trinajstić information content (AvgIpc) is 2.76. The van der Waals surface area contributed by atoms with Crippen LogP contribution in [0.2, 0.25) is 0 Å². The van der Waals surface area contributed by atoms with Gasteiger partial charge in [0.1, 0.15) is 5.00 Å². The predicted octanol–water partition coefficient (Wildman–Crippen LogP) is 3.95. The SMILES string of the molecule is CCOC(=O)c1ncsc1NC(C)CCCC(C)C. The van der Waals surface area contributed by atoms with E-state index < -0.39 is 0 Å². The van der Waals surface area contributed by atoms with Crippen molar-refractivity contribution < 1.29 is 9.53 Å². The molecule has 0 aliphatic rings.